The molecule has 1 fully saturated rings. The van der Waals surface area contributed by atoms with Crippen molar-refractivity contribution in [3.8, 4) is 5.75 Å². The summed E-state index contributed by atoms with van der Waals surface area (Å²) in [5.41, 5.74) is 5.41. The summed E-state index contributed by atoms with van der Waals surface area (Å²) in [6.07, 6.45) is 3.63. The van der Waals surface area contributed by atoms with E-state index in [2.05, 4.69) is 4.90 Å². The molecule has 0 saturated carbocycles. The van der Waals surface area contributed by atoms with Crippen LogP contribution in [0.5, 0.6) is 5.75 Å². The summed E-state index contributed by atoms with van der Waals surface area (Å²) in [6.45, 7) is 6.12. The second-order valence-electron chi connectivity index (χ2n) is 5.17. The van der Waals surface area contributed by atoms with Crippen molar-refractivity contribution in [1.29, 1.82) is 0 Å². The molecule has 118 valence electrons. The molecule has 6 heteroatoms. The molecule has 0 amide bonds. The lowest BCUT2D eigenvalue weighted by molar-refractivity contribution is 0.0321. The molecule has 0 aromatic carbocycles. The first kappa shape index (κ1) is 16.0. The summed E-state index contributed by atoms with van der Waals surface area (Å²) in [7, 11) is 0. The normalized spacial score (nSPS) is 16.0. The number of nitrogens with two attached hydrogens (primary N) is 1. The number of morpholine rings is 1. The smallest absolute Gasteiger partial charge is 0.292 e. The van der Waals surface area contributed by atoms with Gasteiger partial charge in [-0.15, -0.1) is 0 Å². The minimum absolute atomic E-state index is 0.0588. The lowest BCUT2D eigenvalue weighted by Gasteiger charge is -2.26. The molecule has 0 spiro atoms. The Morgan fingerprint density at radius 3 is 2.81 bits per heavy atom. The number of nitrogens with zero attached hydrogens (tertiary/aromatic N) is 2. The monoisotopic (exact) mass is 295 g/mol. The molecule has 1 aromatic heterocycles. The van der Waals surface area contributed by atoms with Crippen LogP contribution >= 0.6 is 0 Å². The van der Waals surface area contributed by atoms with Crippen molar-refractivity contribution in [2.45, 2.75) is 19.4 Å². The van der Waals surface area contributed by atoms with Gasteiger partial charge in [0.2, 0.25) is 0 Å². The van der Waals surface area contributed by atoms with E-state index < -0.39 is 0 Å². The molecule has 0 radical (unpaired) electrons. The van der Waals surface area contributed by atoms with Crippen LogP contribution in [0.2, 0.25) is 0 Å². The Balaban J connectivity index is 1.82. The zero-order chi connectivity index (χ0) is 14.9. The Morgan fingerprint density at radius 2 is 2.05 bits per heavy atom. The Labute approximate surface area is 125 Å². The molecule has 0 unspecified atom stereocenters. The summed E-state index contributed by atoms with van der Waals surface area (Å²) in [5, 5.41) is 0. The van der Waals surface area contributed by atoms with Gasteiger partial charge in [-0.05, 0) is 31.5 Å². The second-order valence-corrected chi connectivity index (χ2v) is 5.17. The van der Waals surface area contributed by atoms with Gasteiger partial charge < -0.3 is 19.8 Å². The van der Waals surface area contributed by atoms with Gasteiger partial charge in [0.05, 0.1) is 13.2 Å². The Bertz CT molecular complexity index is 469. The molecular formula is C15H25N3O3. The Hall–Kier alpha value is -1.37. The van der Waals surface area contributed by atoms with Gasteiger partial charge in [0.1, 0.15) is 6.61 Å². The largest absolute Gasteiger partial charge is 0.487 e. The van der Waals surface area contributed by atoms with Crippen molar-refractivity contribution in [2.24, 2.45) is 5.73 Å². The highest BCUT2D eigenvalue weighted by atomic mass is 16.5. The van der Waals surface area contributed by atoms with Crippen LogP contribution in [0.1, 0.15) is 12.8 Å². The van der Waals surface area contributed by atoms with Gasteiger partial charge in [0.25, 0.3) is 5.56 Å². The maximum absolute atomic E-state index is 12.2. The summed E-state index contributed by atoms with van der Waals surface area (Å²) >= 11 is 0. The Morgan fingerprint density at radius 1 is 1.24 bits per heavy atom. The van der Waals surface area contributed by atoms with Crippen LogP contribution in [-0.4, -0.2) is 55.5 Å². The first-order chi connectivity index (χ1) is 10.3. The number of hydrogen-bond acceptors (Lipinski definition) is 5. The topological polar surface area (TPSA) is 69.7 Å². The summed E-state index contributed by atoms with van der Waals surface area (Å²) in [4.78, 5) is 14.5. The first-order valence-electron chi connectivity index (χ1n) is 7.63. The van der Waals surface area contributed by atoms with Crippen LogP contribution in [0, 0.1) is 0 Å². The van der Waals surface area contributed by atoms with E-state index in [1.165, 1.54) is 0 Å². The number of pyridine rings is 1. The number of aromatic nitrogens is 1. The van der Waals surface area contributed by atoms with E-state index in [0.29, 0.717) is 25.4 Å². The third-order valence-electron chi connectivity index (χ3n) is 3.61. The molecule has 1 aromatic rings. The van der Waals surface area contributed by atoms with Gasteiger partial charge in [-0.3, -0.25) is 9.69 Å². The van der Waals surface area contributed by atoms with E-state index >= 15 is 0 Å². The van der Waals surface area contributed by atoms with Crippen molar-refractivity contribution in [3.63, 3.8) is 0 Å². The molecular weight excluding hydrogens is 270 g/mol. The second kappa shape index (κ2) is 8.81. The maximum Gasteiger partial charge on any atom is 0.292 e. The fourth-order valence-electron chi connectivity index (χ4n) is 2.34. The van der Waals surface area contributed by atoms with Crippen molar-refractivity contribution in [1.82, 2.24) is 9.47 Å². The van der Waals surface area contributed by atoms with Crippen LogP contribution in [0.25, 0.3) is 0 Å². The number of aryl methyl sites for hydroxylation is 1. The highest BCUT2D eigenvalue weighted by molar-refractivity contribution is 5.17. The predicted molar refractivity (Wildman–Crippen MR) is 81.7 cm³/mol. The van der Waals surface area contributed by atoms with Gasteiger partial charge >= 0.3 is 0 Å². The van der Waals surface area contributed by atoms with Crippen molar-refractivity contribution < 1.29 is 9.47 Å². The third kappa shape index (κ3) is 5.15. The van der Waals surface area contributed by atoms with E-state index in [-0.39, 0.29) is 5.56 Å². The van der Waals surface area contributed by atoms with Gasteiger partial charge in [0, 0.05) is 32.4 Å². The molecule has 6 nitrogen and oxygen atoms in total. The predicted octanol–water partition coefficient (Wildman–Crippen LogP) is 0.298. The molecule has 2 N–H and O–H groups in total. The molecule has 21 heavy (non-hydrogen) atoms. The average molecular weight is 295 g/mol. The van der Waals surface area contributed by atoms with Crippen LogP contribution < -0.4 is 16.0 Å². The standard InChI is InChI=1S/C15H25N3O3/c16-5-1-2-6-18-7-3-4-14(15(18)19)21-13-10-17-8-11-20-12-9-17/h3-4,7H,1-2,5-6,8-13,16H2. The van der Waals surface area contributed by atoms with Crippen molar-refractivity contribution in [2.75, 3.05) is 46.0 Å². The molecule has 1 saturated heterocycles. The van der Waals surface area contributed by atoms with Crippen LogP contribution in [0.4, 0.5) is 0 Å². The third-order valence-corrected chi connectivity index (χ3v) is 3.61. The van der Waals surface area contributed by atoms with Crippen molar-refractivity contribution in [3.05, 3.63) is 28.7 Å². The first-order valence-corrected chi connectivity index (χ1v) is 7.63. The lowest BCUT2D eigenvalue weighted by Crippen LogP contribution is -2.39. The summed E-state index contributed by atoms with van der Waals surface area (Å²) in [6, 6.07) is 3.59. The van der Waals surface area contributed by atoms with Crippen LogP contribution in [-0.2, 0) is 11.3 Å². The molecule has 1 aliphatic heterocycles. The maximum atomic E-state index is 12.2. The van der Waals surface area contributed by atoms with E-state index in [1.807, 2.05) is 6.07 Å². The number of hydrogen-bond donors (Lipinski definition) is 1. The molecule has 1 aliphatic rings. The van der Waals surface area contributed by atoms with Gasteiger partial charge in [-0.2, -0.15) is 0 Å². The molecule has 0 aliphatic carbocycles. The fraction of sp³-hybridized carbons (Fsp3) is 0.667. The van der Waals surface area contributed by atoms with Crippen molar-refractivity contribution >= 4 is 0 Å². The minimum Gasteiger partial charge on any atom is -0.487 e. The van der Waals surface area contributed by atoms with Gasteiger partial charge in [0.15, 0.2) is 5.75 Å². The lowest BCUT2D eigenvalue weighted by atomic mass is 10.3. The number of ether oxygens (including phenoxy) is 2. The summed E-state index contributed by atoms with van der Waals surface area (Å²) < 4.78 is 12.6. The molecule has 0 bridgehead atoms. The molecule has 2 heterocycles. The number of rotatable bonds is 8. The molecule has 2 rings (SSSR count). The molecule has 0 atom stereocenters. The van der Waals surface area contributed by atoms with E-state index in [1.54, 1.807) is 16.8 Å². The Kier molecular flexibility index (Phi) is 6.72. The van der Waals surface area contributed by atoms with E-state index in [0.717, 1.165) is 45.7 Å². The zero-order valence-electron chi connectivity index (χ0n) is 12.5. The van der Waals surface area contributed by atoms with Crippen LogP contribution in [0.3, 0.4) is 0 Å². The highest BCUT2D eigenvalue weighted by Crippen LogP contribution is 2.04. The van der Waals surface area contributed by atoms with E-state index in [9.17, 15) is 4.79 Å². The summed E-state index contributed by atoms with van der Waals surface area (Å²) in [5.74, 6) is 0.429. The quantitative estimate of drug-likeness (QED) is 0.699. The fourth-order valence-corrected chi connectivity index (χ4v) is 2.34. The average Bonchev–Trinajstić information content (AvgIpc) is 2.52. The van der Waals surface area contributed by atoms with E-state index in [4.69, 9.17) is 15.2 Å². The zero-order valence-corrected chi connectivity index (χ0v) is 12.5. The van der Waals surface area contributed by atoms with Gasteiger partial charge in [-0.25, -0.2) is 0 Å². The number of unbranched alkanes of at least 4 members (excludes halogenated alkanes) is 1. The van der Waals surface area contributed by atoms with Gasteiger partial charge in [-0.1, -0.05) is 0 Å². The SMILES string of the molecule is NCCCCn1cccc(OCCN2CCOCC2)c1=O. The highest BCUT2D eigenvalue weighted by Gasteiger charge is 2.10. The minimum atomic E-state index is -0.0588. The van der Waals surface area contributed by atoms with Crippen LogP contribution in [0.15, 0.2) is 23.1 Å².